The highest BCUT2D eigenvalue weighted by Gasteiger charge is 2.36. The Bertz CT molecular complexity index is 708. The molecule has 0 fully saturated rings. The summed E-state index contributed by atoms with van der Waals surface area (Å²) >= 11 is 0. The second-order valence-corrected chi connectivity index (χ2v) is 5.32. The maximum absolute atomic E-state index is 14.2. The summed E-state index contributed by atoms with van der Waals surface area (Å²) in [6.45, 7) is 0.183. The van der Waals surface area contributed by atoms with Gasteiger partial charge in [-0.05, 0) is 6.07 Å². The van der Waals surface area contributed by atoms with Gasteiger partial charge in [-0.2, -0.15) is 10.2 Å². The Balaban J connectivity index is 1.93. The van der Waals surface area contributed by atoms with Crippen LogP contribution in [0.4, 0.5) is 8.78 Å². The number of hydrazine groups is 1. The molecule has 0 saturated heterocycles. The average Bonchev–Trinajstić information content (AvgIpc) is 3.10. The number of aromatic amines is 1. The molecule has 1 atom stereocenters. The molecule has 0 saturated carbocycles. The fraction of sp³-hybridized carbons (Fsp3) is 0.308. The van der Waals surface area contributed by atoms with Crippen molar-refractivity contribution in [1.82, 2.24) is 25.2 Å². The van der Waals surface area contributed by atoms with Crippen LogP contribution < -0.4 is 5.84 Å². The number of benzene rings is 1. The summed E-state index contributed by atoms with van der Waals surface area (Å²) < 4.78 is 27.3. The summed E-state index contributed by atoms with van der Waals surface area (Å²) in [5.74, 6) is 4.37. The van der Waals surface area contributed by atoms with E-state index in [0.717, 1.165) is 12.1 Å². The number of β-amino-alcohol motifs (C(OH)–C–C–N with tert-alkyl or cyclic N) is 1. The molecule has 0 radical (unpaired) electrons. The lowest BCUT2D eigenvalue weighted by atomic mass is 9.89. The van der Waals surface area contributed by atoms with Gasteiger partial charge >= 0.3 is 0 Å². The number of nitrogens with one attached hydrogen (secondary N) is 1. The molecule has 8 nitrogen and oxygen atoms in total. The summed E-state index contributed by atoms with van der Waals surface area (Å²) in [6, 6.07) is 3.02. The highest BCUT2D eigenvalue weighted by atomic mass is 19.1. The number of H-pyrrole nitrogens is 1. The van der Waals surface area contributed by atoms with Gasteiger partial charge in [0.15, 0.2) is 0 Å². The van der Waals surface area contributed by atoms with E-state index >= 15 is 0 Å². The van der Waals surface area contributed by atoms with Crippen molar-refractivity contribution in [2.24, 2.45) is 10.9 Å². The number of rotatable bonds is 5. The van der Waals surface area contributed by atoms with E-state index in [1.807, 2.05) is 0 Å². The van der Waals surface area contributed by atoms with Gasteiger partial charge in [-0.25, -0.2) is 19.6 Å². The molecule has 0 amide bonds. The first kappa shape index (κ1) is 15.3. The van der Waals surface area contributed by atoms with E-state index in [2.05, 4.69) is 20.3 Å². The van der Waals surface area contributed by atoms with Gasteiger partial charge in [-0.3, -0.25) is 15.1 Å². The van der Waals surface area contributed by atoms with Crippen LogP contribution in [-0.4, -0.2) is 49.9 Å². The van der Waals surface area contributed by atoms with E-state index in [-0.39, 0.29) is 25.2 Å². The van der Waals surface area contributed by atoms with Crippen LogP contribution in [0.1, 0.15) is 11.4 Å². The van der Waals surface area contributed by atoms with Crippen molar-refractivity contribution in [2.75, 3.05) is 13.2 Å². The van der Waals surface area contributed by atoms with Crippen molar-refractivity contribution >= 4 is 6.34 Å². The van der Waals surface area contributed by atoms with Gasteiger partial charge < -0.3 is 5.11 Å². The number of halogens is 2. The minimum atomic E-state index is -1.69. The predicted molar refractivity (Wildman–Crippen MR) is 76.4 cm³/mol. The summed E-state index contributed by atoms with van der Waals surface area (Å²) in [4.78, 5) is 3.95. The predicted octanol–water partition coefficient (Wildman–Crippen LogP) is -0.0947. The first-order valence-corrected chi connectivity index (χ1v) is 6.79. The van der Waals surface area contributed by atoms with E-state index in [1.165, 1.54) is 28.8 Å². The zero-order valence-corrected chi connectivity index (χ0v) is 12.0. The van der Waals surface area contributed by atoms with Crippen LogP contribution >= 0.6 is 0 Å². The van der Waals surface area contributed by atoms with Crippen molar-refractivity contribution in [3.8, 4) is 0 Å². The quantitative estimate of drug-likeness (QED) is 0.664. The van der Waals surface area contributed by atoms with Crippen molar-refractivity contribution in [1.29, 1.82) is 0 Å². The third-order valence-electron chi connectivity index (χ3n) is 3.49. The molecule has 0 spiro atoms. The van der Waals surface area contributed by atoms with Crippen molar-refractivity contribution in [2.45, 2.75) is 12.0 Å². The molecule has 2 heterocycles. The molecule has 3 rings (SSSR count). The van der Waals surface area contributed by atoms with Gasteiger partial charge in [-0.1, -0.05) is 6.07 Å². The van der Waals surface area contributed by atoms with Gasteiger partial charge in [-0.15, -0.1) is 0 Å². The molecule has 23 heavy (non-hydrogen) atoms. The topological polar surface area (TPSA) is 107 Å². The van der Waals surface area contributed by atoms with Gasteiger partial charge in [0, 0.05) is 18.1 Å². The van der Waals surface area contributed by atoms with Gasteiger partial charge in [0.2, 0.25) is 0 Å². The molecule has 10 heteroatoms. The third-order valence-corrected chi connectivity index (χ3v) is 3.49. The van der Waals surface area contributed by atoms with Gasteiger partial charge in [0.1, 0.15) is 42.4 Å². The Labute approximate surface area is 130 Å². The first-order valence-electron chi connectivity index (χ1n) is 6.79. The van der Waals surface area contributed by atoms with E-state index < -0.39 is 17.2 Å². The Hall–Kier alpha value is -2.59. The van der Waals surface area contributed by atoms with Crippen LogP contribution in [0.2, 0.25) is 0 Å². The van der Waals surface area contributed by atoms with Crippen LogP contribution in [0.5, 0.6) is 0 Å². The van der Waals surface area contributed by atoms with Crippen molar-refractivity contribution in [3.63, 3.8) is 0 Å². The molecular weight excluding hydrogens is 308 g/mol. The van der Waals surface area contributed by atoms with Crippen LogP contribution in [-0.2, 0) is 12.0 Å². The minimum Gasteiger partial charge on any atom is -0.383 e. The van der Waals surface area contributed by atoms with Crippen LogP contribution in [0, 0.1) is 11.6 Å². The zero-order valence-electron chi connectivity index (χ0n) is 12.0. The minimum absolute atomic E-state index is 0.0495. The van der Waals surface area contributed by atoms with E-state index in [0.29, 0.717) is 5.82 Å². The second-order valence-electron chi connectivity index (χ2n) is 5.32. The Morgan fingerprint density at radius 2 is 2.22 bits per heavy atom. The molecule has 4 N–H and O–H groups in total. The summed E-state index contributed by atoms with van der Waals surface area (Å²) in [5.41, 5.74) is -1.75. The SMILES string of the molecule is NN1C=NN(CC(O)(Cc2ncn[nH]2)c2ccc(F)cc2F)C1. The molecule has 1 aromatic heterocycles. The number of nitrogens with zero attached hydrogens (tertiary/aromatic N) is 5. The van der Waals surface area contributed by atoms with E-state index in [9.17, 15) is 13.9 Å². The number of aliphatic hydroxyl groups is 1. The third kappa shape index (κ3) is 3.27. The Kier molecular flexibility index (Phi) is 3.92. The second kappa shape index (κ2) is 5.89. The molecule has 1 unspecified atom stereocenters. The van der Waals surface area contributed by atoms with Gasteiger partial charge in [0.05, 0.1) is 6.54 Å². The molecule has 2 aromatic rings. The molecule has 0 bridgehead atoms. The molecule has 1 aliphatic heterocycles. The number of hydrazone groups is 1. The molecular formula is C13H15F2N7O. The van der Waals surface area contributed by atoms with E-state index in [1.54, 1.807) is 0 Å². The van der Waals surface area contributed by atoms with Crippen molar-refractivity contribution < 1.29 is 13.9 Å². The summed E-state index contributed by atoms with van der Waals surface area (Å²) in [7, 11) is 0. The smallest absolute Gasteiger partial charge is 0.137 e. The number of nitrogens with two attached hydrogens (primary N) is 1. The fourth-order valence-corrected chi connectivity index (χ4v) is 2.49. The highest BCUT2D eigenvalue weighted by Crippen LogP contribution is 2.29. The van der Waals surface area contributed by atoms with Gasteiger partial charge in [0.25, 0.3) is 0 Å². The van der Waals surface area contributed by atoms with Crippen LogP contribution in [0.25, 0.3) is 0 Å². The maximum Gasteiger partial charge on any atom is 0.137 e. The van der Waals surface area contributed by atoms with Crippen LogP contribution in [0.3, 0.4) is 0 Å². The maximum atomic E-state index is 14.2. The standard InChI is InChI=1S/C13H15F2N7O/c14-9-1-2-10(11(15)3-9)13(23,4-12-17-6-18-20-12)5-22-8-21(16)7-19-22/h1-3,6-7,23H,4-5,8,16H2,(H,17,18,20). The lowest BCUT2D eigenvalue weighted by molar-refractivity contribution is -0.00793. The molecule has 0 aliphatic carbocycles. The summed E-state index contributed by atoms with van der Waals surface area (Å²) in [5, 5.41) is 24.2. The zero-order chi connectivity index (χ0) is 16.4. The number of aromatic nitrogens is 3. The Morgan fingerprint density at radius 1 is 1.39 bits per heavy atom. The van der Waals surface area contributed by atoms with Crippen molar-refractivity contribution in [3.05, 3.63) is 47.5 Å². The van der Waals surface area contributed by atoms with Crippen LogP contribution in [0.15, 0.2) is 29.6 Å². The molecule has 1 aliphatic rings. The normalized spacial score (nSPS) is 16.9. The average molecular weight is 323 g/mol. The first-order chi connectivity index (χ1) is 11.0. The fourth-order valence-electron chi connectivity index (χ4n) is 2.49. The highest BCUT2D eigenvalue weighted by molar-refractivity contribution is 5.55. The largest absolute Gasteiger partial charge is 0.383 e. The summed E-state index contributed by atoms with van der Waals surface area (Å²) in [6.07, 6.45) is 2.62. The monoisotopic (exact) mass is 323 g/mol. The number of hydrogen-bond acceptors (Lipinski definition) is 7. The van der Waals surface area contributed by atoms with E-state index in [4.69, 9.17) is 5.84 Å². The molecule has 122 valence electrons. The Morgan fingerprint density at radius 3 is 2.83 bits per heavy atom. The lowest BCUT2D eigenvalue weighted by Gasteiger charge is -2.31. The molecule has 1 aromatic carbocycles. The lowest BCUT2D eigenvalue weighted by Crippen LogP contribution is -2.43. The number of hydrogen-bond donors (Lipinski definition) is 3.